The Morgan fingerprint density at radius 2 is 1.31 bits per heavy atom. The molecule has 4 rings (SSSR count). The predicted molar refractivity (Wildman–Crippen MR) is 108 cm³/mol. The van der Waals surface area contributed by atoms with Crippen molar-refractivity contribution in [3.63, 3.8) is 0 Å². The summed E-state index contributed by atoms with van der Waals surface area (Å²) >= 11 is 0. The van der Waals surface area contributed by atoms with E-state index in [0.717, 1.165) is 24.0 Å². The molecule has 1 heterocycles. The third kappa shape index (κ3) is 3.42. The van der Waals surface area contributed by atoms with Crippen molar-refractivity contribution in [2.45, 2.75) is 31.8 Å². The van der Waals surface area contributed by atoms with Crippen LogP contribution in [0.1, 0.15) is 43.0 Å². The molecule has 2 aromatic rings. The fourth-order valence-corrected chi connectivity index (χ4v) is 4.93. The van der Waals surface area contributed by atoms with Crippen LogP contribution in [0.3, 0.4) is 0 Å². The minimum Gasteiger partial charge on any atom is -0.504 e. The number of hydrogen-bond donors (Lipinski definition) is 3. The molecule has 1 unspecified atom stereocenters. The average molecular weight is 397 g/mol. The first-order valence-corrected chi connectivity index (χ1v) is 9.96. The smallest absolute Gasteiger partial charge is 0.160 e. The molecule has 1 aliphatic carbocycles. The van der Waals surface area contributed by atoms with Gasteiger partial charge >= 0.3 is 0 Å². The molecule has 2 bridgehead atoms. The van der Waals surface area contributed by atoms with Crippen LogP contribution in [-0.4, -0.2) is 30.2 Å². The molecule has 0 aromatic heterocycles. The molecule has 2 aromatic carbocycles. The zero-order valence-electron chi connectivity index (χ0n) is 16.9. The monoisotopic (exact) mass is 397 g/mol. The van der Waals surface area contributed by atoms with Gasteiger partial charge in [-0.15, -0.1) is 0 Å². The van der Waals surface area contributed by atoms with E-state index in [4.69, 9.17) is 9.47 Å². The van der Waals surface area contributed by atoms with Crippen molar-refractivity contribution in [2.75, 3.05) is 14.2 Å². The number of aromatic hydroxyl groups is 2. The highest BCUT2D eigenvalue weighted by Gasteiger charge is 2.48. The van der Waals surface area contributed by atoms with Crippen LogP contribution in [0.4, 0.5) is 0 Å². The molecule has 154 valence electrons. The van der Waals surface area contributed by atoms with Crippen molar-refractivity contribution in [3.8, 4) is 23.0 Å². The third-order valence-electron chi connectivity index (χ3n) is 6.33. The molecule has 2 aliphatic rings. The number of phenols is 2. The van der Waals surface area contributed by atoms with Crippen molar-refractivity contribution in [1.29, 1.82) is 0 Å². The van der Waals surface area contributed by atoms with E-state index in [9.17, 15) is 15.0 Å². The van der Waals surface area contributed by atoms with Gasteiger partial charge in [0.1, 0.15) is 5.78 Å². The second-order valence-electron chi connectivity index (χ2n) is 8.18. The van der Waals surface area contributed by atoms with Crippen LogP contribution in [-0.2, 0) is 4.79 Å². The molecule has 1 saturated heterocycles. The van der Waals surface area contributed by atoms with Crippen LogP contribution in [0, 0.1) is 17.8 Å². The quantitative estimate of drug-likeness (QED) is 0.729. The lowest BCUT2D eigenvalue weighted by Gasteiger charge is -2.47. The molecule has 6 heteroatoms. The second-order valence-corrected chi connectivity index (χ2v) is 8.18. The molecule has 6 nitrogen and oxygen atoms in total. The van der Waals surface area contributed by atoms with E-state index >= 15 is 0 Å². The zero-order chi connectivity index (χ0) is 20.7. The first-order chi connectivity index (χ1) is 13.9. The number of hydrogen-bond acceptors (Lipinski definition) is 6. The minimum atomic E-state index is -0.180. The molecule has 0 spiro atoms. The van der Waals surface area contributed by atoms with Gasteiger partial charge in [0.2, 0.25) is 0 Å². The van der Waals surface area contributed by atoms with Gasteiger partial charge in [-0.2, -0.15) is 0 Å². The van der Waals surface area contributed by atoms with Gasteiger partial charge in [-0.05, 0) is 54.2 Å². The lowest BCUT2D eigenvalue weighted by Crippen LogP contribution is -2.52. The molecule has 1 saturated carbocycles. The molecule has 29 heavy (non-hydrogen) atoms. The number of fused-ring (bicyclic) bond motifs is 2. The molecular formula is C23H27NO5. The molecule has 5 atom stereocenters. The van der Waals surface area contributed by atoms with Gasteiger partial charge in [-0.1, -0.05) is 19.1 Å². The fourth-order valence-electron chi connectivity index (χ4n) is 4.93. The highest BCUT2D eigenvalue weighted by Crippen LogP contribution is 2.49. The first-order valence-electron chi connectivity index (χ1n) is 9.96. The Kier molecular flexibility index (Phi) is 5.13. The lowest BCUT2D eigenvalue weighted by molar-refractivity contribution is -0.136. The van der Waals surface area contributed by atoms with Crippen molar-refractivity contribution in [1.82, 2.24) is 5.32 Å². The second kappa shape index (κ2) is 7.59. The number of ketones is 1. The lowest BCUT2D eigenvalue weighted by atomic mass is 9.64. The van der Waals surface area contributed by atoms with E-state index in [0.29, 0.717) is 17.4 Å². The zero-order valence-corrected chi connectivity index (χ0v) is 16.9. The number of carbonyl (C=O) groups excluding carboxylic acids is 1. The van der Waals surface area contributed by atoms with Crippen LogP contribution in [0.2, 0.25) is 0 Å². The van der Waals surface area contributed by atoms with Gasteiger partial charge < -0.3 is 25.0 Å². The predicted octanol–water partition coefficient (Wildman–Crippen LogP) is 3.73. The fraction of sp³-hybridized carbons (Fsp3) is 0.435. The maximum Gasteiger partial charge on any atom is 0.160 e. The van der Waals surface area contributed by atoms with Crippen LogP contribution in [0.15, 0.2) is 36.4 Å². The van der Waals surface area contributed by atoms with E-state index < -0.39 is 0 Å². The Hall–Kier alpha value is -2.73. The van der Waals surface area contributed by atoms with E-state index in [1.807, 2.05) is 12.1 Å². The number of carbonyl (C=O) groups is 1. The number of ether oxygens (including phenoxy) is 2. The summed E-state index contributed by atoms with van der Waals surface area (Å²) in [5, 5.41) is 23.6. The van der Waals surface area contributed by atoms with E-state index in [2.05, 4.69) is 12.2 Å². The molecular weight excluding hydrogens is 370 g/mol. The highest BCUT2D eigenvalue weighted by atomic mass is 16.5. The maximum absolute atomic E-state index is 13.4. The van der Waals surface area contributed by atoms with Gasteiger partial charge in [0, 0.05) is 23.9 Å². The Labute approximate surface area is 170 Å². The topological polar surface area (TPSA) is 88.0 Å². The summed E-state index contributed by atoms with van der Waals surface area (Å²) < 4.78 is 10.6. The Morgan fingerprint density at radius 3 is 1.72 bits per heavy atom. The van der Waals surface area contributed by atoms with Crippen LogP contribution in [0.25, 0.3) is 0 Å². The van der Waals surface area contributed by atoms with Crippen molar-refractivity contribution in [3.05, 3.63) is 47.5 Å². The van der Waals surface area contributed by atoms with E-state index in [1.54, 1.807) is 24.3 Å². The van der Waals surface area contributed by atoms with Crippen molar-refractivity contribution < 1.29 is 24.5 Å². The van der Waals surface area contributed by atoms with Gasteiger partial charge in [0.05, 0.1) is 14.2 Å². The summed E-state index contributed by atoms with van der Waals surface area (Å²) in [4.78, 5) is 13.4. The highest BCUT2D eigenvalue weighted by molar-refractivity contribution is 5.87. The van der Waals surface area contributed by atoms with Gasteiger partial charge in [-0.25, -0.2) is 0 Å². The summed E-state index contributed by atoms with van der Waals surface area (Å²) in [5.74, 6) is 1.42. The number of phenolic OH excluding ortho intramolecular Hbond substituents is 2. The van der Waals surface area contributed by atoms with Crippen LogP contribution in [0.5, 0.6) is 23.0 Å². The molecule has 3 N–H and O–H groups in total. The standard InChI is InChI=1S/C23H27NO5/c1-12-8-15-21(13-4-6-17(25)19(10-13)28-2)24-22(16(9-12)23(15)27)14-5-7-18(26)20(11-14)29-3/h4-7,10-12,15-16,21-22,24-26H,8-9H2,1-3H3/t12?,15-,16+,21-,22+. The summed E-state index contributed by atoms with van der Waals surface area (Å²) in [5.41, 5.74) is 1.84. The molecule has 0 radical (unpaired) electrons. The number of Topliss-reactive ketones (excluding diaryl/α,β-unsaturated/α-hetero) is 1. The SMILES string of the molecule is COc1cc([C@H]2N[C@@H](c3ccc(O)c(OC)c3)[C@@H]3CC(C)C[C@H]2C3=O)ccc1O. The van der Waals surface area contributed by atoms with Crippen LogP contribution < -0.4 is 14.8 Å². The largest absolute Gasteiger partial charge is 0.504 e. The number of piperidine rings is 1. The van der Waals surface area contributed by atoms with Crippen molar-refractivity contribution in [2.24, 2.45) is 17.8 Å². The number of nitrogens with one attached hydrogen (secondary N) is 1. The number of rotatable bonds is 4. The average Bonchev–Trinajstić information content (AvgIpc) is 2.71. The van der Waals surface area contributed by atoms with Gasteiger partial charge in [0.15, 0.2) is 23.0 Å². The summed E-state index contributed by atoms with van der Waals surface area (Å²) in [6.07, 6.45) is 1.67. The Bertz CT molecular complexity index is 856. The third-order valence-corrected chi connectivity index (χ3v) is 6.33. The normalized spacial score (nSPS) is 28.8. The molecule has 1 aliphatic heterocycles. The number of methoxy groups -OCH3 is 2. The number of benzene rings is 2. The van der Waals surface area contributed by atoms with E-state index in [1.165, 1.54) is 14.2 Å². The van der Waals surface area contributed by atoms with E-state index in [-0.39, 0.29) is 41.2 Å². The Morgan fingerprint density at radius 1 is 0.862 bits per heavy atom. The van der Waals surface area contributed by atoms with Gasteiger partial charge in [-0.3, -0.25) is 4.79 Å². The molecule has 2 fully saturated rings. The maximum atomic E-state index is 13.4. The Balaban J connectivity index is 1.76. The molecule has 0 amide bonds. The summed E-state index contributed by atoms with van der Waals surface area (Å²) in [7, 11) is 3.03. The van der Waals surface area contributed by atoms with Crippen LogP contribution >= 0.6 is 0 Å². The van der Waals surface area contributed by atoms with Crippen molar-refractivity contribution >= 4 is 5.78 Å². The van der Waals surface area contributed by atoms with Gasteiger partial charge in [0.25, 0.3) is 0 Å². The summed E-state index contributed by atoms with van der Waals surface area (Å²) in [6.45, 7) is 2.20. The summed E-state index contributed by atoms with van der Waals surface area (Å²) in [6, 6.07) is 10.1. The first kappa shape index (κ1) is 19.6. The minimum absolute atomic E-state index is 0.0769.